The van der Waals surface area contributed by atoms with Gasteiger partial charge in [-0.1, -0.05) is 25.7 Å². The highest BCUT2D eigenvalue weighted by Crippen LogP contribution is 2.26. The predicted octanol–water partition coefficient (Wildman–Crippen LogP) is 1.94. The molecule has 0 heterocycles. The molecule has 1 aliphatic carbocycles. The summed E-state index contributed by atoms with van der Waals surface area (Å²) in [5.41, 5.74) is -0.376. The lowest BCUT2D eigenvalue weighted by Crippen LogP contribution is -2.44. The third-order valence-corrected chi connectivity index (χ3v) is 3.68. The summed E-state index contributed by atoms with van der Waals surface area (Å²) in [6.45, 7) is 6.93. The van der Waals surface area contributed by atoms with Crippen LogP contribution in [0.15, 0.2) is 0 Å². The number of hydrogen-bond donors (Lipinski definition) is 2. The van der Waals surface area contributed by atoms with Crippen molar-refractivity contribution in [3.63, 3.8) is 0 Å². The average molecular weight is 253 g/mol. The highest BCUT2D eigenvalue weighted by molar-refractivity contribution is 5.07. The van der Waals surface area contributed by atoms with Crippen molar-refractivity contribution in [3.8, 4) is 12.3 Å². The highest BCUT2D eigenvalue weighted by Gasteiger charge is 2.23. The van der Waals surface area contributed by atoms with Crippen LogP contribution in [0.4, 0.5) is 0 Å². The van der Waals surface area contributed by atoms with Crippen molar-refractivity contribution in [2.75, 3.05) is 13.2 Å². The highest BCUT2D eigenvalue weighted by atomic mass is 16.5. The van der Waals surface area contributed by atoms with Gasteiger partial charge in [0.25, 0.3) is 0 Å². The molecule has 0 aromatic rings. The molecule has 18 heavy (non-hydrogen) atoms. The van der Waals surface area contributed by atoms with E-state index in [0.29, 0.717) is 25.2 Å². The van der Waals surface area contributed by atoms with Crippen molar-refractivity contribution in [3.05, 3.63) is 0 Å². The van der Waals surface area contributed by atoms with E-state index in [0.717, 1.165) is 6.42 Å². The van der Waals surface area contributed by atoms with Gasteiger partial charge in [0.15, 0.2) is 0 Å². The molecule has 2 N–H and O–H groups in total. The number of β-amino-alcohol motifs (C(OH)–C–C–N with tert-alkyl or cyclic N) is 1. The van der Waals surface area contributed by atoms with Crippen LogP contribution in [-0.2, 0) is 4.74 Å². The molecule has 0 saturated heterocycles. The maximum atomic E-state index is 9.87. The largest absolute Gasteiger partial charge is 0.389 e. The van der Waals surface area contributed by atoms with Crippen molar-refractivity contribution >= 4 is 0 Å². The van der Waals surface area contributed by atoms with E-state index >= 15 is 0 Å². The van der Waals surface area contributed by atoms with Crippen molar-refractivity contribution in [2.45, 2.75) is 64.2 Å². The van der Waals surface area contributed by atoms with Crippen LogP contribution in [0.5, 0.6) is 0 Å². The second-order valence-electron chi connectivity index (χ2n) is 5.94. The van der Waals surface area contributed by atoms with Crippen molar-refractivity contribution < 1.29 is 9.84 Å². The Labute approximate surface area is 111 Å². The predicted molar refractivity (Wildman–Crippen MR) is 74.3 cm³/mol. The fourth-order valence-electron chi connectivity index (χ4n) is 2.25. The van der Waals surface area contributed by atoms with Gasteiger partial charge in [-0.15, -0.1) is 6.42 Å². The summed E-state index contributed by atoms with van der Waals surface area (Å²) < 4.78 is 5.81. The van der Waals surface area contributed by atoms with Gasteiger partial charge in [0.1, 0.15) is 0 Å². The molecule has 1 rings (SSSR count). The van der Waals surface area contributed by atoms with Crippen LogP contribution in [0.1, 0.15) is 46.5 Å². The van der Waals surface area contributed by atoms with Gasteiger partial charge >= 0.3 is 0 Å². The van der Waals surface area contributed by atoms with Crippen LogP contribution < -0.4 is 5.32 Å². The fourth-order valence-corrected chi connectivity index (χ4v) is 2.25. The SMILES string of the molecule is C#CC(C)(C)NCC(O)COC1CCCCC1C. The Balaban J connectivity index is 2.20. The van der Waals surface area contributed by atoms with Crippen LogP contribution in [0.2, 0.25) is 0 Å². The van der Waals surface area contributed by atoms with Crippen molar-refractivity contribution in [2.24, 2.45) is 5.92 Å². The first-order chi connectivity index (χ1) is 8.44. The minimum absolute atomic E-state index is 0.314. The minimum Gasteiger partial charge on any atom is -0.389 e. The molecule has 0 aromatic heterocycles. The molecule has 0 aromatic carbocycles. The van der Waals surface area contributed by atoms with Gasteiger partial charge in [0.05, 0.1) is 24.4 Å². The van der Waals surface area contributed by atoms with Gasteiger partial charge in [-0.3, -0.25) is 5.32 Å². The van der Waals surface area contributed by atoms with Gasteiger partial charge < -0.3 is 9.84 Å². The van der Waals surface area contributed by atoms with Gasteiger partial charge in [-0.05, 0) is 32.6 Å². The number of nitrogens with one attached hydrogen (secondary N) is 1. The molecule has 1 fully saturated rings. The van der Waals surface area contributed by atoms with Crippen LogP contribution >= 0.6 is 0 Å². The van der Waals surface area contributed by atoms with Gasteiger partial charge in [-0.2, -0.15) is 0 Å². The first-order valence-corrected chi connectivity index (χ1v) is 6.97. The average Bonchev–Trinajstić information content (AvgIpc) is 2.35. The number of hydrogen-bond acceptors (Lipinski definition) is 3. The van der Waals surface area contributed by atoms with Crippen LogP contribution in [0.25, 0.3) is 0 Å². The summed E-state index contributed by atoms with van der Waals surface area (Å²) in [6.07, 6.45) is 10.1. The molecule has 0 radical (unpaired) electrons. The summed E-state index contributed by atoms with van der Waals surface area (Å²) >= 11 is 0. The van der Waals surface area contributed by atoms with Gasteiger partial charge in [0.2, 0.25) is 0 Å². The lowest BCUT2D eigenvalue weighted by Gasteiger charge is -2.30. The van der Waals surface area contributed by atoms with E-state index in [2.05, 4.69) is 18.2 Å². The Hall–Kier alpha value is -0.560. The second-order valence-corrected chi connectivity index (χ2v) is 5.94. The zero-order valence-corrected chi connectivity index (χ0v) is 11.9. The maximum Gasteiger partial charge on any atom is 0.0898 e. The summed E-state index contributed by atoms with van der Waals surface area (Å²) in [7, 11) is 0. The zero-order chi connectivity index (χ0) is 13.6. The van der Waals surface area contributed by atoms with E-state index in [-0.39, 0.29) is 5.54 Å². The maximum absolute atomic E-state index is 9.87. The molecule has 0 bridgehead atoms. The van der Waals surface area contributed by atoms with Crippen molar-refractivity contribution in [1.82, 2.24) is 5.32 Å². The molecule has 3 nitrogen and oxygen atoms in total. The number of ether oxygens (including phenoxy) is 1. The Morgan fingerprint density at radius 1 is 1.44 bits per heavy atom. The first-order valence-electron chi connectivity index (χ1n) is 6.97. The third kappa shape index (κ3) is 5.39. The van der Waals surface area contributed by atoms with Gasteiger partial charge in [0, 0.05) is 6.54 Å². The third-order valence-electron chi connectivity index (χ3n) is 3.68. The van der Waals surface area contributed by atoms with E-state index in [1.165, 1.54) is 19.3 Å². The lowest BCUT2D eigenvalue weighted by atomic mass is 9.88. The summed E-state index contributed by atoms with van der Waals surface area (Å²) in [4.78, 5) is 0. The van der Waals surface area contributed by atoms with Gasteiger partial charge in [-0.25, -0.2) is 0 Å². The minimum atomic E-state index is -0.494. The molecule has 1 saturated carbocycles. The molecule has 104 valence electrons. The zero-order valence-electron chi connectivity index (χ0n) is 11.9. The lowest BCUT2D eigenvalue weighted by molar-refractivity contribution is -0.0458. The van der Waals surface area contributed by atoms with E-state index in [9.17, 15) is 5.11 Å². The summed E-state index contributed by atoms with van der Waals surface area (Å²) in [5, 5.41) is 13.0. The monoisotopic (exact) mass is 253 g/mol. The Morgan fingerprint density at radius 3 is 2.72 bits per heavy atom. The first kappa shape index (κ1) is 15.5. The smallest absolute Gasteiger partial charge is 0.0898 e. The molecule has 3 atom stereocenters. The Morgan fingerprint density at radius 2 is 2.11 bits per heavy atom. The number of aliphatic hydroxyl groups is 1. The molecule has 3 heteroatoms. The van der Waals surface area contributed by atoms with E-state index in [4.69, 9.17) is 11.2 Å². The molecule has 0 aliphatic heterocycles. The van der Waals surface area contributed by atoms with Crippen molar-refractivity contribution in [1.29, 1.82) is 0 Å². The number of aliphatic hydroxyl groups excluding tert-OH is 1. The van der Waals surface area contributed by atoms with Crippen LogP contribution in [-0.4, -0.2) is 36.0 Å². The van der Waals surface area contributed by atoms with E-state index < -0.39 is 6.10 Å². The molecule has 3 unspecified atom stereocenters. The second kappa shape index (κ2) is 7.13. The van der Waals surface area contributed by atoms with E-state index in [1.54, 1.807) is 0 Å². The topological polar surface area (TPSA) is 41.5 Å². The van der Waals surface area contributed by atoms with E-state index in [1.807, 2.05) is 13.8 Å². The van der Waals surface area contributed by atoms with Crippen LogP contribution in [0.3, 0.4) is 0 Å². The standard InChI is InChI=1S/C15H27NO2/c1-5-15(3,4)16-10-13(17)11-18-14-9-7-6-8-12(14)2/h1,12-14,16-17H,6-11H2,2-4H3. The molecule has 0 spiro atoms. The molecular weight excluding hydrogens is 226 g/mol. The number of terminal acetylenes is 1. The summed E-state index contributed by atoms with van der Waals surface area (Å²) in [6, 6.07) is 0. The molecular formula is C15H27NO2. The molecule has 0 amide bonds. The fraction of sp³-hybridized carbons (Fsp3) is 0.867. The number of rotatable bonds is 6. The Bertz CT molecular complexity index is 283. The quantitative estimate of drug-likeness (QED) is 0.711. The summed E-state index contributed by atoms with van der Waals surface area (Å²) in [5.74, 6) is 3.26. The van der Waals surface area contributed by atoms with Crippen LogP contribution in [0, 0.1) is 18.3 Å². The normalized spacial score (nSPS) is 26.6. The molecule has 1 aliphatic rings. The Kier molecular flexibility index (Phi) is 6.14.